The zero-order chi connectivity index (χ0) is 9.68. The highest BCUT2D eigenvalue weighted by molar-refractivity contribution is 5.05. The van der Waals surface area contributed by atoms with Gasteiger partial charge in [-0.2, -0.15) is 0 Å². The number of aromatic nitrogens is 2. The van der Waals surface area contributed by atoms with Crippen LogP contribution in [-0.4, -0.2) is 22.6 Å². The molecule has 0 saturated carbocycles. The minimum absolute atomic E-state index is 0.128. The standard InChI is InChI=1S/C9H16N4/c1-7(2)13-9(5-10)8-3-4-11-6-12-8/h3-4,6-7,9,13H,5,10H2,1-2H3. The van der Waals surface area contributed by atoms with Crippen molar-refractivity contribution in [2.24, 2.45) is 5.73 Å². The fourth-order valence-corrected chi connectivity index (χ4v) is 1.18. The van der Waals surface area contributed by atoms with Crippen LogP contribution in [0.2, 0.25) is 0 Å². The van der Waals surface area contributed by atoms with Gasteiger partial charge in [-0.05, 0) is 6.07 Å². The average molecular weight is 180 g/mol. The first-order valence-electron chi connectivity index (χ1n) is 4.46. The van der Waals surface area contributed by atoms with Crippen molar-refractivity contribution < 1.29 is 0 Å². The SMILES string of the molecule is CC(C)NC(CN)c1ccncn1. The van der Waals surface area contributed by atoms with E-state index in [1.54, 1.807) is 12.5 Å². The van der Waals surface area contributed by atoms with E-state index < -0.39 is 0 Å². The normalized spacial score (nSPS) is 13.2. The number of nitrogens with two attached hydrogens (primary N) is 1. The van der Waals surface area contributed by atoms with Crippen molar-refractivity contribution in [3.05, 3.63) is 24.3 Å². The van der Waals surface area contributed by atoms with Gasteiger partial charge in [0.1, 0.15) is 6.33 Å². The van der Waals surface area contributed by atoms with Crippen LogP contribution in [0.5, 0.6) is 0 Å². The lowest BCUT2D eigenvalue weighted by atomic mass is 10.2. The summed E-state index contributed by atoms with van der Waals surface area (Å²) in [6.07, 6.45) is 3.27. The molecule has 1 aromatic rings. The van der Waals surface area contributed by atoms with Crippen molar-refractivity contribution in [2.45, 2.75) is 25.9 Å². The molecule has 0 amide bonds. The van der Waals surface area contributed by atoms with Crippen molar-refractivity contribution in [3.63, 3.8) is 0 Å². The van der Waals surface area contributed by atoms with E-state index in [2.05, 4.69) is 29.1 Å². The number of hydrogen-bond acceptors (Lipinski definition) is 4. The predicted octanol–water partition coefficient (Wildman–Crippen LogP) is 0.474. The minimum atomic E-state index is 0.128. The van der Waals surface area contributed by atoms with Gasteiger partial charge in [-0.25, -0.2) is 9.97 Å². The summed E-state index contributed by atoms with van der Waals surface area (Å²) in [5.41, 5.74) is 6.58. The first kappa shape index (κ1) is 10.1. The molecule has 3 N–H and O–H groups in total. The van der Waals surface area contributed by atoms with Crippen LogP contribution in [0.25, 0.3) is 0 Å². The van der Waals surface area contributed by atoms with E-state index in [0.717, 1.165) is 5.69 Å². The van der Waals surface area contributed by atoms with Crippen molar-refractivity contribution in [1.82, 2.24) is 15.3 Å². The zero-order valence-electron chi connectivity index (χ0n) is 8.07. The Morgan fingerprint density at radius 1 is 1.54 bits per heavy atom. The lowest BCUT2D eigenvalue weighted by molar-refractivity contribution is 0.474. The van der Waals surface area contributed by atoms with E-state index in [0.29, 0.717) is 12.6 Å². The van der Waals surface area contributed by atoms with Gasteiger partial charge in [0.05, 0.1) is 11.7 Å². The molecule has 0 aliphatic heterocycles. The van der Waals surface area contributed by atoms with Gasteiger partial charge in [0.15, 0.2) is 0 Å². The van der Waals surface area contributed by atoms with Gasteiger partial charge < -0.3 is 11.1 Å². The first-order chi connectivity index (χ1) is 6.24. The van der Waals surface area contributed by atoms with Crippen molar-refractivity contribution in [1.29, 1.82) is 0 Å². The second-order valence-corrected chi connectivity index (χ2v) is 3.24. The third-order valence-corrected chi connectivity index (χ3v) is 1.73. The minimum Gasteiger partial charge on any atom is -0.329 e. The molecule has 13 heavy (non-hydrogen) atoms. The number of nitrogens with zero attached hydrogens (tertiary/aromatic N) is 2. The van der Waals surface area contributed by atoms with Crippen LogP contribution < -0.4 is 11.1 Å². The van der Waals surface area contributed by atoms with Crippen LogP contribution in [-0.2, 0) is 0 Å². The summed E-state index contributed by atoms with van der Waals surface area (Å²) < 4.78 is 0. The topological polar surface area (TPSA) is 63.8 Å². The van der Waals surface area contributed by atoms with Crippen molar-refractivity contribution in [3.8, 4) is 0 Å². The maximum absolute atomic E-state index is 5.63. The van der Waals surface area contributed by atoms with E-state index in [9.17, 15) is 0 Å². The van der Waals surface area contributed by atoms with Gasteiger partial charge in [-0.15, -0.1) is 0 Å². The molecule has 0 bridgehead atoms. The monoisotopic (exact) mass is 180 g/mol. The van der Waals surface area contributed by atoms with Crippen LogP contribution in [0.1, 0.15) is 25.6 Å². The smallest absolute Gasteiger partial charge is 0.115 e. The van der Waals surface area contributed by atoms with Gasteiger partial charge in [-0.1, -0.05) is 13.8 Å². The molecule has 1 unspecified atom stereocenters. The summed E-state index contributed by atoms with van der Waals surface area (Å²) in [7, 11) is 0. The summed E-state index contributed by atoms with van der Waals surface area (Å²) in [5.74, 6) is 0. The lowest BCUT2D eigenvalue weighted by Crippen LogP contribution is -2.33. The fraction of sp³-hybridized carbons (Fsp3) is 0.556. The molecule has 1 aromatic heterocycles. The molecule has 4 heteroatoms. The highest BCUT2D eigenvalue weighted by Crippen LogP contribution is 2.07. The largest absolute Gasteiger partial charge is 0.329 e. The summed E-state index contributed by atoms with van der Waals surface area (Å²) >= 11 is 0. The third-order valence-electron chi connectivity index (χ3n) is 1.73. The highest BCUT2D eigenvalue weighted by Gasteiger charge is 2.10. The molecule has 72 valence electrons. The van der Waals surface area contributed by atoms with Gasteiger partial charge in [0, 0.05) is 18.8 Å². The van der Waals surface area contributed by atoms with Gasteiger partial charge in [0.2, 0.25) is 0 Å². The predicted molar refractivity (Wildman–Crippen MR) is 52.1 cm³/mol. The third kappa shape index (κ3) is 3.08. The van der Waals surface area contributed by atoms with Crippen molar-refractivity contribution >= 4 is 0 Å². The van der Waals surface area contributed by atoms with E-state index in [1.807, 2.05) is 6.07 Å². The summed E-state index contributed by atoms with van der Waals surface area (Å²) in [5, 5.41) is 3.33. The Morgan fingerprint density at radius 3 is 2.77 bits per heavy atom. The van der Waals surface area contributed by atoms with E-state index in [-0.39, 0.29) is 6.04 Å². The second kappa shape index (κ2) is 4.89. The molecule has 0 aliphatic rings. The van der Waals surface area contributed by atoms with Gasteiger partial charge >= 0.3 is 0 Å². The second-order valence-electron chi connectivity index (χ2n) is 3.24. The molecule has 1 heterocycles. The molecule has 0 saturated heterocycles. The Labute approximate surface area is 78.6 Å². The molecule has 1 rings (SSSR count). The quantitative estimate of drug-likeness (QED) is 0.707. The summed E-state index contributed by atoms with van der Waals surface area (Å²) in [4.78, 5) is 8.01. The fourth-order valence-electron chi connectivity index (χ4n) is 1.18. The zero-order valence-corrected chi connectivity index (χ0v) is 8.07. The maximum atomic E-state index is 5.63. The van der Waals surface area contributed by atoms with E-state index >= 15 is 0 Å². The maximum Gasteiger partial charge on any atom is 0.115 e. The lowest BCUT2D eigenvalue weighted by Gasteiger charge is -2.18. The molecular formula is C9H16N4. The van der Waals surface area contributed by atoms with Crippen LogP contribution in [0.3, 0.4) is 0 Å². The number of nitrogens with one attached hydrogen (secondary N) is 1. The van der Waals surface area contributed by atoms with Gasteiger partial charge in [-0.3, -0.25) is 0 Å². The molecule has 0 spiro atoms. The Balaban J connectivity index is 2.67. The Morgan fingerprint density at radius 2 is 2.31 bits per heavy atom. The highest BCUT2D eigenvalue weighted by atomic mass is 15.0. The van der Waals surface area contributed by atoms with Crippen LogP contribution in [0.4, 0.5) is 0 Å². The number of rotatable bonds is 4. The molecule has 0 aromatic carbocycles. The molecule has 0 aliphatic carbocycles. The molecule has 1 atom stereocenters. The first-order valence-corrected chi connectivity index (χ1v) is 4.46. The van der Waals surface area contributed by atoms with Crippen LogP contribution in [0, 0.1) is 0 Å². The summed E-state index contributed by atoms with van der Waals surface area (Å²) in [6.45, 7) is 4.73. The Bertz CT molecular complexity index is 235. The Hall–Kier alpha value is -1.00. The van der Waals surface area contributed by atoms with Crippen LogP contribution in [0.15, 0.2) is 18.6 Å². The molecule has 4 nitrogen and oxygen atoms in total. The van der Waals surface area contributed by atoms with Crippen molar-refractivity contribution in [2.75, 3.05) is 6.54 Å². The Kier molecular flexibility index (Phi) is 3.79. The van der Waals surface area contributed by atoms with Crippen LogP contribution >= 0.6 is 0 Å². The average Bonchev–Trinajstić information content (AvgIpc) is 2.15. The summed E-state index contributed by atoms with van der Waals surface area (Å²) in [6, 6.07) is 2.42. The van der Waals surface area contributed by atoms with E-state index in [1.165, 1.54) is 0 Å². The molecular weight excluding hydrogens is 164 g/mol. The van der Waals surface area contributed by atoms with Gasteiger partial charge in [0.25, 0.3) is 0 Å². The van der Waals surface area contributed by atoms with E-state index in [4.69, 9.17) is 5.73 Å². The number of hydrogen-bond donors (Lipinski definition) is 2. The molecule has 0 radical (unpaired) electrons. The molecule has 0 fully saturated rings.